The number of amides is 1. The summed E-state index contributed by atoms with van der Waals surface area (Å²) in [7, 11) is -3.45. The van der Waals surface area contributed by atoms with Crippen molar-refractivity contribution in [3.05, 3.63) is 72.1 Å². The predicted molar refractivity (Wildman–Crippen MR) is 125 cm³/mol. The summed E-state index contributed by atoms with van der Waals surface area (Å²) in [5.74, 6) is -0.0991. The zero-order valence-corrected chi connectivity index (χ0v) is 18.9. The molecule has 1 fully saturated rings. The molecular weight excluding hydrogens is 430 g/mol. The minimum atomic E-state index is -3.45. The van der Waals surface area contributed by atoms with Crippen LogP contribution in [-0.4, -0.2) is 55.8 Å². The number of piperazine rings is 1. The van der Waals surface area contributed by atoms with E-state index in [0.717, 1.165) is 16.8 Å². The van der Waals surface area contributed by atoms with Gasteiger partial charge in [-0.15, -0.1) is 11.3 Å². The second kappa shape index (κ2) is 9.32. The van der Waals surface area contributed by atoms with E-state index in [9.17, 15) is 13.2 Å². The fraction of sp³-hybridized carbons (Fsp3) is 0.261. The van der Waals surface area contributed by atoms with E-state index in [0.29, 0.717) is 30.4 Å². The SMILES string of the molecule is C[C@@H](C(=O)Nc1ccccc1-c1ccccc1)N1CCN(S(=O)(=O)c2cccs2)CC1. The average Bonchev–Trinajstić information content (AvgIpc) is 3.36. The molecule has 3 aromatic rings. The summed E-state index contributed by atoms with van der Waals surface area (Å²) in [4.78, 5) is 15.0. The Morgan fingerprint density at radius 3 is 2.29 bits per heavy atom. The third-order valence-electron chi connectivity index (χ3n) is 5.56. The third-order valence-corrected chi connectivity index (χ3v) is 8.83. The van der Waals surface area contributed by atoms with Crippen LogP contribution in [0.15, 0.2) is 76.3 Å². The number of nitrogens with one attached hydrogen (secondary N) is 1. The van der Waals surface area contributed by atoms with E-state index in [4.69, 9.17) is 0 Å². The summed E-state index contributed by atoms with van der Waals surface area (Å²) in [6.07, 6.45) is 0. The summed E-state index contributed by atoms with van der Waals surface area (Å²) in [5, 5.41) is 4.83. The van der Waals surface area contributed by atoms with E-state index >= 15 is 0 Å². The van der Waals surface area contributed by atoms with Gasteiger partial charge in [-0.1, -0.05) is 54.6 Å². The molecule has 162 valence electrons. The number of carbonyl (C=O) groups is 1. The molecule has 0 saturated carbocycles. The standard InChI is InChI=1S/C23H25N3O3S2/c1-18(25-13-15-26(16-14-25)31(28,29)22-12-7-17-30-22)23(27)24-21-11-6-5-10-20(21)19-8-3-2-4-9-19/h2-12,17-18H,13-16H2,1H3,(H,24,27)/t18-/m0/s1. The van der Waals surface area contributed by atoms with Crippen molar-refractivity contribution in [1.82, 2.24) is 9.21 Å². The van der Waals surface area contributed by atoms with Crippen LogP contribution in [-0.2, 0) is 14.8 Å². The van der Waals surface area contributed by atoms with E-state index < -0.39 is 10.0 Å². The number of rotatable bonds is 6. The molecule has 31 heavy (non-hydrogen) atoms. The Bertz CT molecular complexity index is 1120. The van der Waals surface area contributed by atoms with Gasteiger partial charge in [0.1, 0.15) is 4.21 Å². The third kappa shape index (κ3) is 4.72. The summed E-state index contributed by atoms with van der Waals surface area (Å²) >= 11 is 1.23. The largest absolute Gasteiger partial charge is 0.324 e. The van der Waals surface area contributed by atoms with Crippen LogP contribution in [0.5, 0.6) is 0 Å². The molecule has 1 atom stereocenters. The number of nitrogens with zero attached hydrogens (tertiary/aromatic N) is 2. The number of hydrogen-bond acceptors (Lipinski definition) is 5. The molecule has 4 rings (SSSR count). The van der Waals surface area contributed by atoms with Crippen molar-refractivity contribution in [3.63, 3.8) is 0 Å². The second-order valence-electron chi connectivity index (χ2n) is 7.45. The number of hydrogen-bond donors (Lipinski definition) is 1. The summed E-state index contributed by atoms with van der Waals surface area (Å²) < 4.78 is 27.3. The number of thiophene rings is 1. The van der Waals surface area contributed by atoms with Crippen molar-refractivity contribution in [2.75, 3.05) is 31.5 Å². The molecule has 0 radical (unpaired) electrons. The molecule has 0 unspecified atom stereocenters. The first-order chi connectivity index (χ1) is 15.0. The van der Waals surface area contributed by atoms with Crippen molar-refractivity contribution in [2.24, 2.45) is 0 Å². The molecule has 8 heteroatoms. The molecule has 0 spiro atoms. The van der Waals surface area contributed by atoms with E-state index in [-0.39, 0.29) is 11.9 Å². The van der Waals surface area contributed by atoms with Gasteiger partial charge in [-0.3, -0.25) is 9.69 Å². The van der Waals surface area contributed by atoms with Gasteiger partial charge in [0.2, 0.25) is 5.91 Å². The van der Waals surface area contributed by atoms with Crippen LogP contribution in [0.1, 0.15) is 6.92 Å². The first-order valence-corrected chi connectivity index (χ1v) is 12.5. The number of anilines is 1. The number of benzene rings is 2. The molecule has 6 nitrogen and oxygen atoms in total. The van der Waals surface area contributed by atoms with E-state index in [1.807, 2.05) is 66.4 Å². The molecule has 1 aliphatic heterocycles. The highest BCUT2D eigenvalue weighted by Crippen LogP contribution is 2.28. The second-order valence-corrected chi connectivity index (χ2v) is 10.6. The van der Waals surface area contributed by atoms with Crippen molar-refractivity contribution in [1.29, 1.82) is 0 Å². The maximum atomic E-state index is 13.0. The number of carbonyl (C=O) groups excluding carboxylic acids is 1. The lowest BCUT2D eigenvalue weighted by molar-refractivity contribution is -0.121. The van der Waals surface area contributed by atoms with Gasteiger partial charge in [-0.2, -0.15) is 4.31 Å². The molecular formula is C23H25N3O3S2. The van der Waals surface area contributed by atoms with Crippen molar-refractivity contribution < 1.29 is 13.2 Å². The molecule has 1 aromatic heterocycles. The van der Waals surface area contributed by atoms with Gasteiger partial charge >= 0.3 is 0 Å². The van der Waals surface area contributed by atoms with E-state index in [1.54, 1.807) is 17.5 Å². The number of para-hydroxylation sites is 1. The zero-order chi connectivity index (χ0) is 21.8. The van der Waals surface area contributed by atoms with Crippen molar-refractivity contribution >= 4 is 33.0 Å². The molecule has 2 heterocycles. The normalized spacial score (nSPS) is 16.7. The molecule has 1 amide bonds. The van der Waals surface area contributed by atoms with Crippen LogP contribution in [0.3, 0.4) is 0 Å². The zero-order valence-electron chi connectivity index (χ0n) is 17.3. The van der Waals surface area contributed by atoms with Gasteiger partial charge in [-0.25, -0.2) is 8.42 Å². The maximum absolute atomic E-state index is 13.0. The van der Waals surface area contributed by atoms with Crippen molar-refractivity contribution in [3.8, 4) is 11.1 Å². The minimum Gasteiger partial charge on any atom is -0.324 e. The highest BCUT2D eigenvalue weighted by Gasteiger charge is 2.32. The van der Waals surface area contributed by atoms with Crippen LogP contribution in [0.2, 0.25) is 0 Å². The molecule has 1 saturated heterocycles. The number of sulfonamides is 1. The Kier molecular flexibility index (Phi) is 6.52. The monoisotopic (exact) mass is 455 g/mol. The van der Waals surface area contributed by atoms with E-state index in [1.165, 1.54) is 15.6 Å². The Labute approximate surface area is 187 Å². The van der Waals surface area contributed by atoms with Crippen LogP contribution in [0, 0.1) is 0 Å². The molecule has 1 aliphatic rings. The molecule has 1 N–H and O–H groups in total. The minimum absolute atomic E-state index is 0.0991. The molecule has 0 aliphatic carbocycles. The fourth-order valence-corrected chi connectivity index (χ4v) is 6.30. The van der Waals surface area contributed by atoms with Crippen LogP contribution in [0.25, 0.3) is 11.1 Å². The summed E-state index contributed by atoms with van der Waals surface area (Å²) in [6.45, 7) is 3.64. The first kappa shape index (κ1) is 21.7. The Morgan fingerprint density at radius 1 is 0.935 bits per heavy atom. The van der Waals surface area contributed by atoms with Crippen LogP contribution < -0.4 is 5.32 Å². The lowest BCUT2D eigenvalue weighted by atomic mass is 10.0. The highest BCUT2D eigenvalue weighted by atomic mass is 32.2. The summed E-state index contributed by atoms with van der Waals surface area (Å²) in [6, 6.07) is 20.7. The van der Waals surface area contributed by atoms with Gasteiger partial charge in [0, 0.05) is 37.4 Å². The molecule has 2 aromatic carbocycles. The predicted octanol–water partition coefficient (Wildman–Crippen LogP) is 3.75. The Hall–Kier alpha value is -2.52. The first-order valence-electron chi connectivity index (χ1n) is 10.2. The van der Waals surface area contributed by atoms with Crippen LogP contribution in [0.4, 0.5) is 5.69 Å². The van der Waals surface area contributed by atoms with Gasteiger partial charge in [0.05, 0.1) is 6.04 Å². The quantitative estimate of drug-likeness (QED) is 0.615. The summed E-state index contributed by atoms with van der Waals surface area (Å²) in [5.41, 5.74) is 2.78. The van der Waals surface area contributed by atoms with Gasteiger partial charge < -0.3 is 5.32 Å². The van der Waals surface area contributed by atoms with Crippen LogP contribution >= 0.6 is 11.3 Å². The lowest BCUT2D eigenvalue weighted by Gasteiger charge is -2.36. The van der Waals surface area contributed by atoms with Gasteiger partial charge in [-0.05, 0) is 30.0 Å². The maximum Gasteiger partial charge on any atom is 0.252 e. The highest BCUT2D eigenvalue weighted by molar-refractivity contribution is 7.91. The Balaban J connectivity index is 1.40. The van der Waals surface area contributed by atoms with E-state index in [2.05, 4.69) is 5.32 Å². The lowest BCUT2D eigenvalue weighted by Crippen LogP contribution is -2.53. The molecule has 0 bridgehead atoms. The fourth-order valence-electron chi connectivity index (χ4n) is 3.73. The Morgan fingerprint density at radius 2 is 1.61 bits per heavy atom. The smallest absolute Gasteiger partial charge is 0.252 e. The van der Waals surface area contributed by atoms with Crippen molar-refractivity contribution in [2.45, 2.75) is 17.2 Å². The topological polar surface area (TPSA) is 69.7 Å². The average molecular weight is 456 g/mol. The van der Waals surface area contributed by atoms with Gasteiger partial charge in [0.25, 0.3) is 10.0 Å². The van der Waals surface area contributed by atoms with Gasteiger partial charge in [0.15, 0.2) is 0 Å².